The van der Waals surface area contributed by atoms with E-state index in [0.717, 1.165) is 22.0 Å². The van der Waals surface area contributed by atoms with Crippen LogP contribution in [-0.4, -0.2) is 60.3 Å². The molecule has 0 bridgehead atoms. The van der Waals surface area contributed by atoms with E-state index in [9.17, 15) is 19.1 Å². The van der Waals surface area contributed by atoms with E-state index in [1.807, 2.05) is 48.9 Å². The summed E-state index contributed by atoms with van der Waals surface area (Å²) in [6.45, 7) is 2.39. The summed E-state index contributed by atoms with van der Waals surface area (Å²) in [5.41, 5.74) is 4.38. The monoisotopic (exact) mass is 527 g/mol. The molecule has 1 aliphatic heterocycles. The average Bonchev–Trinajstić information content (AvgIpc) is 3.45. The van der Waals surface area contributed by atoms with Gasteiger partial charge >= 0.3 is 6.03 Å². The number of benzene rings is 2. The van der Waals surface area contributed by atoms with Gasteiger partial charge in [0.1, 0.15) is 5.82 Å². The highest BCUT2D eigenvalue weighted by atomic mass is 19.1. The Kier molecular flexibility index (Phi) is 5.99. The maximum atomic E-state index is 13.7. The lowest BCUT2D eigenvalue weighted by molar-refractivity contribution is 0.0308. The highest BCUT2D eigenvalue weighted by Gasteiger charge is 2.29. The lowest BCUT2D eigenvalue weighted by Crippen LogP contribution is -2.55. The molecule has 0 spiro atoms. The van der Waals surface area contributed by atoms with Gasteiger partial charge in [-0.15, -0.1) is 5.10 Å². The van der Waals surface area contributed by atoms with Crippen LogP contribution in [0.1, 0.15) is 28.9 Å². The number of nitrogens with one attached hydrogen (secondary N) is 2. The Balaban J connectivity index is 1.26. The maximum absolute atomic E-state index is 13.7. The van der Waals surface area contributed by atoms with Crippen molar-refractivity contribution < 1.29 is 19.1 Å². The second-order valence-electron chi connectivity index (χ2n) is 9.78. The number of pyridine rings is 1. The third kappa shape index (κ3) is 4.68. The van der Waals surface area contributed by atoms with Crippen molar-refractivity contribution in [2.24, 2.45) is 7.05 Å². The van der Waals surface area contributed by atoms with Crippen molar-refractivity contribution in [3.63, 3.8) is 0 Å². The molecular formula is C28H26FN7O3. The fourth-order valence-corrected chi connectivity index (χ4v) is 4.80. The van der Waals surface area contributed by atoms with Gasteiger partial charge in [0.15, 0.2) is 5.65 Å². The molecule has 11 heteroatoms. The van der Waals surface area contributed by atoms with Gasteiger partial charge in [-0.1, -0.05) is 18.2 Å². The molecule has 1 saturated heterocycles. The topological polar surface area (TPSA) is 117 Å². The number of hydrogen-bond acceptors (Lipinski definition) is 5. The second-order valence-corrected chi connectivity index (χ2v) is 9.78. The van der Waals surface area contributed by atoms with Crippen LogP contribution >= 0.6 is 0 Å². The number of halogens is 1. The number of anilines is 1. The zero-order valence-electron chi connectivity index (χ0n) is 21.3. The van der Waals surface area contributed by atoms with Gasteiger partial charge in [-0.2, -0.15) is 4.98 Å². The summed E-state index contributed by atoms with van der Waals surface area (Å²) >= 11 is 0. The van der Waals surface area contributed by atoms with E-state index < -0.39 is 6.10 Å². The average molecular weight is 528 g/mol. The minimum Gasteiger partial charge on any atom is -0.389 e. The molecule has 0 radical (unpaired) electrons. The number of fused-ring (bicyclic) bond motifs is 2. The molecule has 0 aliphatic carbocycles. The number of carbonyl (C=O) groups excluding carboxylic acids is 2. The smallest absolute Gasteiger partial charge is 0.324 e. The van der Waals surface area contributed by atoms with Crippen LogP contribution in [0.5, 0.6) is 0 Å². The van der Waals surface area contributed by atoms with Gasteiger partial charge in [-0.25, -0.2) is 13.7 Å². The first kappa shape index (κ1) is 24.6. The number of aliphatic hydroxyl groups is 1. The van der Waals surface area contributed by atoms with E-state index in [4.69, 9.17) is 0 Å². The predicted molar refractivity (Wildman–Crippen MR) is 144 cm³/mol. The largest absolute Gasteiger partial charge is 0.389 e. The predicted octanol–water partition coefficient (Wildman–Crippen LogP) is 3.73. The summed E-state index contributed by atoms with van der Waals surface area (Å²) in [7, 11) is 1.88. The lowest BCUT2D eigenvalue weighted by Gasteiger charge is -2.35. The first-order valence-corrected chi connectivity index (χ1v) is 12.5. The van der Waals surface area contributed by atoms with Crippen LogP contribution in [0, 0.1) is 5.82 Å². The summed E-state index contributed by atoms with van der Waals surface area (Å²) < 4.78 is 17.1. The van der Waals surface area contributed by atoms with E-state index in [1.54, 1.807) is 29.0 Å². The molecule has 6 rings (SSSR count). The second kappa shape index (κ2) is 9.52. The Labute approximate surface area is 222 Å². The van der Waals surface area contributed by atoms with Gasteiger partial charge in [0, 0.05) is 30.3 Å². The summed E-state index contributed by atoms with van der Waals surface area (Å²) in [4.78, 5) is 31.4. The van der Waals surface area contributed by atoms with Crippen molar-refractivity contribution in [1.29, 1.82) is 0 Å². The summed E-state index contributed by atoms with van der Waals surface area (Å²) in [6, 6.07) is 15.1. The van der Waals surface area contributed by atoms with E-state index >= 15 is 0 Å². The molecule has 3 N–H and O–H groups in total. The number of aryl methyl sites for hydroxylation is 1. The first-order chi connectivity index (χ1) is 18.7. The molecule has 3 amide bonds. The first-order valence-electron chi connectivity index (χ1n) is 12.5. The fourth-order valence-electron chi connectivity index (χ4n) is 4.80. The van der Waals surface area contributed by atoms with Gasteiger partial charge < -0.3 is 19.9 Å². The third-order valence-electron chi connectivity index (χ3n) is 6.97. The van der Waals surface area contributed by atoms with Gasteiger partial charge in [-0.05, 0) is 60.0 Å². The normalized spacial score (nSPS) is 14.4. The van der Waals surface area contributed by atoms with Crippen molar-refractivity contribution in [3.05, 3.63) is 83.9 Å². The molecule has 3 aromatic heterocycles. The molecule has 0 unspecified atom stereocenters. The number of carbonyl (C=O) groups is 2. The Hall–Kier alpha value is -4.77. The van der Waals surface area contributed by atoms with Gasteiger partial charge in [0.25, 0.3) is 11.9 Å². The highest BCUT2D eigenvalue weighted by molar-refractivity contribution is 6.08. The summed E-state index contributed by atoms with van der Waals surface area (Å²) in [5, 5.41) is 20.1. The molecule has 1 atom stereocenters. The van der Waals surface area contributed by atoms with E-state index in [2.05, 4.69) is 20.7 Å². The third-order valence-corrected chi connectivity index (χ3v) is 6.97. The molecule has 2 aromatic carbocycles. The molecule has 5 aromatic rings. The Morgan fingerprint density at radius 2 is 1.90 bits per heavy atom. The van der Waals surface area contributed by atoms with Crippen molar-refractivity contribution in [2.75, 3.05) is 18.4 Å². The van der Waals surface area contributed by atoms with Crippen molar-refractivity contribution in [3.8, 4) is 11.1 Å². The van der Waals surface area contributed by atoms with E-state index in [0.29, 0.717) is 16.8 Å². The SMILES string of the molecule is C[C@H](NC(=O)c1cn(C)c2ccc(-c3ccn4nc(NC(=O)N5CC(O)C5)nc4c3)cc12)c1cccc(F)c1. The van der Waals surface area contributed by atoms with Crippen molar-refractivity contribution in [2.45, 2.75) is 19.1 Å². The summed E-state index contributed by atoms with van der Waals surface area (Å²) in [6.07, 6.45) is 3.05. The van der Waals surface area contributed by atoms with Crippen LogP contribution in [0.2, 0.25) is 0 Å². The lowest BCUT2D eigenvalue weighted by atomic mass is 10.0. The van der Waals surface area contributed by atoms with Crippen LogP contribution < -0.4 is 10.6 Å². The van der Waals surface area contributed by atoms with Crippen LogP contribution in [0.15, 0.2) is 67.0 Å². The molecule has 39 heavy (non-hydrogen) atoms. The molecule has 4 heterocycles. The summed E-state index contributed by atoms with van der Waals surface area (Å²) in [5.74, 6) is -0.431. The van der Waals surface area contributed by atoms with Crippen LogP contribution in [0.3, 0.4) is 0 Å². The zero-order chi connectivity index (χ0) is 27.3. The Morgan fingerprint density at radius 3 is 2.67 bits per heavy atom. The van der Waals surface area contributed by atoms with Gasteiger partial charge in [0.2, 0.25) is 0 Å². The van der Waals surface area contributed by atoms with E-state index in [1.165, 1.54) is 17.0 Å². The quantitative estimate of drug-likeness (QED) is 0.322. The zero-order valence-corrected chi connectivity index (χ0v) is 21.3. The van der Waals surface area contributed by atoms with Crippen LogP contribution in [0.25, 0.3) is 27.7 Å². The van der Waals surface area contributed by atoms with Gasteiger partial charge in [0.05, 0.1) is 30.8 Å². The van der Waals surface area contributed by atoms with Crippen molar-refractivity contribution in [1.82, 2.24) is 29.4 Å². The van der Waals surface area contributed by atoms with E-state index in [-0.39, 0.29) is 42.8 Å². The Bertz CT molecular complexity index is 1740. The molecule has 10 nitrogen and oxygen atoms in total. The van der Waals surface area contributed by atoms with Gasteiger partial charge in [-0.3, -0.25) is 10.1 Å². The standard InChI is InChI=1S/C28H26FN7O3/c1-16(17-4-3-5-20(29)10-17)30-26(38)23-15-34(2)24-7-6-18(11-22(23)24)19-8-9-36-25(12-19)31-27(33-36)32-28(39)35-13-21(37)14-35/h3-12,15-16,21,37H,13-14H2,1-2H3,(H,30,38)(H,32,33,39)/t16-/m0/s1. The number of amides is 3. The highest BCUT2D eigenvalue weighted by Crippen LogP contribution is 2.29. The number of β-amino-alcohol motifs (C(OH)–C–C–N with tert-alkyl or cyclic N) is 1. The molecule has 198 valence electrons. The molecular weight excluding hydrogens is 501 g/mol. The number of hydrogen-bond donors (Lipinski definition) is 3. The number of likely N-dealkylation sites (tertiary alicyclic amines) is 1. The number of aromatic nitrogens is 4. The fraction of sp³-hybridized carbons (Fsp3) is 0.214. The minimum atomic E-state index is -0.488. The molecule has 1 fully saturated rings. The molecule has 0 saturated carbocycles. The van der Waals surface area contributed by atoms with Crippen LogP contribution in [-0.2, 0) is 7.05 Å². The minimum absolute atomic E-state index is 0.170. The maximum Gasteiger partial charge on any atom is 0.324 e. The number of urea groups is 1. The van der Waals surface area contributed by atoms with Crippen molar-refractivity contribution >= 4 is 34.4 Å². The number of aliphatic hydroxyl groups excluding tert-OH is 1. The number of rotatable bonds is 5. The molecule has 1 aliphatic rings. The Morgan fingerprint density at radius 1 is 1.10 bits per heavy atom. The van der Waals surface area contributed by atoms with Crippen LogP contribution in [0.4, 0.5) is 15.1 Å². The number of nitrogens with zero attached hydrogens (tertiary/aromatic N) is 5.